The van der Waals surface area contributed by atoms with Crippen molar-refractivity contribution in [2.45, 2.75) is 12.8 Å². The van der Waals surface area contributed by atoms with Gasteiger partial charge < -0.3 is 0 Å². The summed E-state index contributed by atoms with van der Waals surface area (Å²) in [6.07, 6.45) is 0. The summed E-state index contributed by atoms with van der Waals surface area (Å²) in [7, 11) is 0. The Morgan fingerprint density at radius 1 is 0.875 bits per heavy atom. The lowest BCUT2D eigenvalue weighted by molar-refractivity contribution is 0.923. The standard InChI is InChI=1S/C15H13N/c1-12(13-6-4-3-5-7-13)14-8-10-15(16-2)11-9-14/h3-12H,1H3/t12-/m0/s1. The molecule has 0 saturated carbocycles. The molecular formula is C15H13N. The monoisotopic (exact) mass is 207 g/mol. The topological polar surface area (TPSA) is 4.36 Å². The molecule has 78 valence electrons. The van der Waals surface area contributed by atoms with Crippen LogP contribution < -0.4 is 0 Å². The summed E-state index contributed by atoms with van der Waals surface area (Å²) in [5.41, 5.74) is 3.25. The molecule has 2 rings (SSSR count). The zero-order chi connectivity index (χ0) is 11.4. The average molecular weight is 207 g/mol. The molecule has 0 fully saturated rings. The lowest BCUT2D eigenvalue weighted by Gasteiger charge is -2.12. The van der Waals surface area contributed by atoms with Gasteiger partial charge in [0.15, 0.2) is 5.69 Å². The fourth-order valence-electron chi connectivity index (χ4n) is 1.77. The van der Waals surface area contributed by atoms with Gasteiger partial charge in [-0.25, -0.2) is 4.85 Å². The zero-order valence-corrected chi connectivity index (χ0v) is 9.22. The van der Waals surface area contributed by atoms with E-state index in [9.17, 15) is 0 Å². The maximum Gasteiger partial charge on any atom is 0.187 e. The first-order valence-corrected chi connectivity index (χ1v) is 5.33. The number of rotatable bonds is 2. The highest BCUT2D eigenvalue weighted by Gasteiger charge is 2.06. The van der Waals surface area contributed by atoms with Crippen molar-refractivity contribution in [1.29, 1.82) is 0 Å². The molecule has 0 bridgehead atoms. The fourth-order valence-corrected chi connectivity index (χ4v) is 1.77. The second-order valence-corrected chi connectivity index (χ2v) is 3.84. The van der Waals surface area contributed by atoms with Crippen molar-refractivity contribution in [1.82, 2.24) is 0 Å². The number of hydrogen-bond donors (Lipinski definition) is 0. The zero-order valence-electron chi connectivity index (χ0n) is 9.22. The fraction of sp³-hybridized carbons (Fsp3) is 0.133. The second kappa shape index (κ2) is 4.63. The largest absolute Gasteiger partial charge is 0.238 e. The van der Waals surface area contributed by atoms with Crippen LogP contribution in [0.5, 0.6) is 0 Å². The van der Waals surface area contributed by atoms with Gasteiger partial charge in [-0.05, 0) is 11.1 Å². The van der Waals surface area contributed by atoms with Gasteiger partial charge >= 0.3 is 0 Å². The first-order valence-electron chi connectivity index (χ1n) is 5.33. The molecule has 16 heavy (non-hydrogen) atoms. The van der Waals surface area contributed by atoms with E-state index in [-0.39, 0.29) is 0 Å². The van der Waals surface area contributed by atoms with Crippen LogP contribution in [0.15, 0.2) is 54.6 Å². The van der Waals surface area contributed by atoms with E-state index in [1.807, 2.05) is 30.3 Å². The lowest BCUT2D eigenvalue weighted by Crippen LogP contribution is -1.94. The third kappa shape index (κ3) is 2.12. The summed E-state index contributed by atoms with van der Waals surface area (Å²) in [6.45, 7) is 9.09. The summed E-state index contributed by atoms with van der Waals surface area (Å²) in [6, 6.07) is 18.2. The Hall–Kier alpha value is -2.07. The molecule has 0 aliphatic carbocycles. The van der Waals surface area contributed by atoms with Gasteiger partial charge in [-0.1, -0.05) is 61.5 Å². The minimum absolute atomic E-state index is 0.376. The minimum Gasteiger partial charge on any atom is -0.238 e. The predicted molar refractivity (Wildman–Crippen MR) is 66.7 cm³/mol. The molecule has 1 nitrogen and oxygen atoms in total. The molecule has 0 unspecified atom stereocenters. The first kappa shape index (κ1) is 10.4. The molecular weight excluding hydrogens is 194 g/mol. The molecule has 2 aromatic carbocycles. The van der Waals surface area contributed by atoms with Crippen molar-refractivity contribution in [3.05, 3.63) is 77.1 Å². The van der Waals surface area contributed by atoms with Gasteiger partial charge in [0.25, 0.3) is 0 Å². The maximum atomic E-state index is 6.91. The first-order chi connectivity index (χ1) is 7.81. The van der Waals surface area contributed by atoms with Gasteiger partial charge in [-0.3, -0.25) is 0 Å². The highest BCUT2D eigenvalue weighted by atomic mass is 14.6. The molecule has 0 heterocycles. The van der Waals surface area contributed by atoms with Crippen molar-refractivity contribution >= 4 is 5.69 Å². The van der Waals surface area contributed by atoms with E-state index >= 15 is 0 Å². The number of hydrogen-bond acceptors (Lipinski definition) is 0. The van der Waals surface area contributed by atoms with Gasteiger partial charge in [0, 0.05) is 5.92 Å². The van der Waals surface area contributed by atoms with Crippen LogP contribution in [0.2, 0.25) is 0 Å². The van der Waals surface area contributed by atoms with Gasteiger partial charge in [-0.15, -0.1) is 0 Å². The maximum absolute atomic E-state index is 6.91. The average Bonchev–Trinajstić information content (AvgIpc) is 2.39. The highest BCUT2D eigenvalue weighted by molar-refractivity contribution is 5.47. The molecule has 0 N–H and O–H groups in total. The molecule has 0 saturated heterocycles. The van der Waals surface area contributed by atoms with Crippen LogP contribution in [-0.4, -0.2) is 0 Å². The molecule has 1 atom stereocenters. The summed E-state index contributed by atoms with van der Waals surface area (Å²) < 4.78 is 0. The van der Waals surface area contributed by atoms with Crippen LogP contribution in [0, 0.1) is 6.57 Å². The van der Waals surface area contributed by atoms with E-state index in [1.165, 1.54) is 11.1 Å². The SMILES string of the molecule is [C-]#[N+]c1ccc([C@@H](C)c2ccccc2)cc1. The minimum atomic E-state index is 0.376. The van der Waals surface area contributed by atoms with Crippen LogP contribution in [0.4, 0.5) is 5.69 Å². The molecule has 0 aliphatic rings. The summed E-state index contributed by atoms with van der Waals surface area (Å²) in [4.78, 5) is 3.39. The molecule has 1 heteroatoms. The third-order valence-electron chi connectivity index (χ3n) is 2.82. The Kier molecular flexibility index (Phi) is 3.03. The Bertz CT molecular complexity index is 491. The van der Waals surface area contributed by atoms with E-state index < -0.39 is 0 Å². The van der Waals surface area contributed by atoms with Crippen LogP contribution in [-0.2, 0) is 0 Å². The van der Waals surface area contributed by atoms with Crippen molar-refractivity contribution in [2.75, 3.05) is 0 Å². The normalized spacial score (nSPS) is 11.8. The highest BCUT2D eigenvalue weighted by Crippen LogP contribution is 2.25. The van der Waals surface area contributed by atoms with Crippen molar-refractivity contribution < 1.29 is 0 Å². The summed E-state index contributed by atoms with van der Waals surface area (Å²) in [5, 5.41) is 0. The van der Waals surface area contributed by atoms with E-state index in [4.69, 9.17) is 6.57 Å². The number of nitrogens with zero attached hydrogens (tertiary/aromatic N) is 1. The molecule has 0 spiro atoms. The quantitative estimate of drug-likeness (QED) is 0.643. The second-order valence-electron chi connectivity index (χ2n) is 3.84. The van der Waals surface area contributed by atoms with Gasteiger partial charge in [0.05, 0.1) is 6.57 Å². The Morgan fingerprint density at radius 2 is 1.44 bits per heavy atom. The summed E-state index contributed by atoms with van der Waals surface area (Å²) >= 11 is 0. The van der Waals surface area contributed by atoms with Crippen molar-refractivity contribution in [3.8, 4) is 0 Å². The van der Waals surface area contributed by atoms with E-state index in [0.717, 1.165) is 0 Å². The van der Waals surface area contributed by atoms with Gasteiger partial charge in [0.2, 0.25) is 0 Å². The van der Waals surface area contributed by atoms with E-state index in [2.05, 4.69) is 36.0 Å². The molecule has 0 radical (unpaired) electrons. The number of benzene rings is 2. The molecule has 0 aliphatic heterocycles. The summed E-state index contributed by atoms with van der Waals surface area (Å²) in [5.74, 6) is 0.376. The van der Waals surface area contributed by atoms with E-state index in [0.29, 0.717) is 11.6 Å². The van der Waals surface area contributed by atoms with Crippen molar-refractivity contribution in [3.63, 3.8) is 0 Å². The van der Waals surface area contributed by atoms with Crippen molar-refractivity contribution in [2.24, 2.45) is 0 Å². The molecule has 2 aromatic rings. The lowest BCUT2D eigenvalue weighted by atomic mass is 9.93. The van der Waals surface area contributed by atoms with Crippen LogP contribution in [0.25, 0.3) is 4.85 Å². The Morgan fingerprint density at radius 3 is 2.00 bits per heavy atom. The van der Waals surface area contributed by atoms with Gasteiger partial charge in [0.1, 0.15) is 0 Å². The third-order valence-corrected chi connectivity index (χ3v) is 2.82. The van der Waals surface area contributed by atoms with Gasteiger partial charge in [-0.2, -0.15) is 0 Å². The van der Waals surface area contributed by atoms with E-state index in [1.54, 1.807) is 0 Å². The predicted octanol–water partition coefficient (Wildman–Crippen LogP) is 4.39. The van der Waals surface area contributed by atoms with Crippen LogP contribution in [0.3, 0.4) is 0 Å². The smallest absolute Gasteiger partial charge is 0.187 e. The Balaban J connectivity index is 2.28. The van der Waals surface area contributed by atoms with Crippen LogP contribution >= 0.6 is 0 Å². The molecule has 0 amide bonds. The van der Waals surface area contributed by atoms with Crippen LogP contribution in [0.1, 0.15) is 24.0 Å². The Labute approximate surface area is 96.2 Å². The molecule has 0 aromatic heterocycles.